The molecule has 144 valence electrons. The number of aromatic nitrogens is 1. The van der Waals surface area contributed by atoms with E-state index < -0.39 is 17.3 Å². The van der Waals surface area contributed by atoms with Crippen LogP contribution >= 0.6 is 0 Å². The molecule has 0 radical (unpaired) electrons. The number of pyridine rings is 1. The monoisotopic (exact) mass is 362 g/mol. The largest absolute Gasteiger partial charge is 0.456 e. The Hall–Kier alpha value is -2.11. The Morgan fingerprint density at radius 1 is 1.12 bits per heavy atom. The fourth-order valence-electron chi connectivity index (χ4n) is 2.78. The molecule has 1 fully saturated rings. The second-order valence-electron chi connectivity index (χ2n) is 9.03. The zero-order valence-corrected chi connectivity index (χ0v) is 16.9. The van der Waals surface area contributed by atoms with Gasteiger partial charge in [-0.1, -0.05) is 0 Å². The van der Waals surface area contributed by atoms with Gasteiger partial charge in [0.15, 0.2) is 0 Å². The van der Waals surface area contributed by atoms with Gasteiger partial charge in [0, 0.05) is 18.2 Å². The Bertz CT molecular complexity index is 695. The first-order valence-corrected chi connectivity index (χ1v) is 8.99. The molecule has 0 spiro atoms. The fourth-order valence-corrected chi connectivity index (χ4v) is 2.78. The number of amides is 1. The number of hydrogen-bond donors (Lipinski definition) is 1. The highest BCUT2D eigenvalue weighted by Crippen LogP contribution is 2.48. The Balaban J connectivity index is 2.07. The fraction of sp³-hybridized carbons (Fsp3) is 0.650. The smallest absolute Gasteiger partial charge is 0.407 e. The lowest BCUT2D eigenvalue weighted by molar-refractivity contribution is 0.00686. The average molecular weight is 362 g/mol. The first-order valence-electron chi connectivity index (χ1n) is 8.99. The van der Waals surface area contributed by atoms with Crippen LogP contribution in [0.2, 0.25) is 0 Å². The first-order chi connectivity index (χ1) is 11.8. The van der Waals surface area contributed by atoms with Crippen LogP contribution in [0.5, 0.6) is 0 Å². The minimum Gasteiger partial charge on any atom is -0.456 e. The van der Waals surface area contributed by atoms with E-state index in [0.29, 0.717) is 12.1 Å². The number of nitrogens with zero attached hydrogens (tertiary/aromatic N) is 1. The third-order valence-electron chi connectivity index (χ3n) is 4.04. The Morgan fingerprint density at radius 3 is 2.15 bits per heavy atom. The summed E-state index contributed by atoms with van der Waals surface area (Å²) in [7, 11) is 0. The van der Waals surface area contributed by atoms with Gasteiger partial charge in [-0.05, 0) is 72.9 Å². The number of carbonyl (C=O) groups excluding carboxylic acids is 2. The van der Waals surface area contributed by atoms with Crippen LogP contribution in [0.3, 0.4) is 0 Å². The van der Waals surface area contributed by atoms with Crippen molar-refractivity contribution in [1.29, 1.82) is 0 Å². The van der Waals surface area contributed by atoms with Crippen molar-refractivity contribution in [3.63, 3.8) is 0 Å². The molecule has 1 heterocycles. The molecule has 6 nitrogen and oxygen atoms in total. The molecule has 1 aromatic rings. The van der Waals surface area contributed by atoms with Gasteiger partial charge < -0.3 is 14.8 Å². The van der Waals surface area contributed by atoms with Crippen LogP contribution in [0, 0.1) is 6.92 Å². The average Bonchev–Trinajstić information content (AvgIpc) is 3.22. The number of nitrogens with one attached hydrogen (secondary N) is 1. The maximum absolute atomic E-state index is 12.2. The quantitative estimate of drug-likeness (QED) is 0.822. The Labute approximate surface area is 155 Å². The summed E-state index contributed by atoms with van der Waals surface area (Å²) >= 11 is 0. The summed E-state index contributed by atoms with van der Waals surface area (Å²) in [5.74, 6) is -0.378. The van der Waals surface area contributed by atoms with Crippen molar-refractivity contribution in [2.45, 2.75) is 77.9 Å². The maximum atomic E-state index is 12.2. The molecule has 1 amide bonds. The molecule has 0 unspecified atom stereocenters. The number of carbonyl (C=O) groups is 2. The second kappa shape index (κ2) is 6.89. The van der Waals surface area contributed by atoms with Crippen LogP contribution in [-0.2, 0) is 14.9 Å². The Kier molecular flexibility index (Phi) is 5.36. The van der Waals surface area contributed by atoms with Gasteiger partial charge in [0.2, 0.25) is 0 Å². The molecule has 1 N–H and O–H groups in total. The van der Waals surface area contributed by atoms with Gasteiger partial charge in [-0.2, -0.15) is 0 Å². The number of ether oxygens (including phenoxy) is 2. The van der Waals surface area contributed by atoms with Crippen molar-refractivity contribution in [2.75, 3.05) is 6.54 Å². The predicted octanol–water partition coefficient (Wildman–Crippen LogP) is 3.90. The minimum atomic E-state index is -0.543. The molecule has 0 bridgehead atoms. The lowest BCUT2D eigenvalue weighted by atomic mass is 9.96. The summed E-state index contributed by atoms with van der Waals surface area (Å²) in [4.78, 5) is 28.6. The van der Waals surface area contributed by atoms with E-state index in [-0.39, 0.29) is 11.4 Å². The molecule has 1 aliphatic rings. The normalized spacial score (nSPS) is 16.0. The van der Waals surface area contributed by atoms with Crippen LogP contribution in [0.4, 0.5) is 4.79 Å². The van der Waals surface area contributed by atoms with Crippen molar-refractivity contribution in [1.82, 2.24) is 10.3 Å². The van der Waals surface area contributed by atoms with E-state index >= 15 is 0 Å². The summed E-state index contributed by atoms with van der Waals surface area (Å²) in [5, 5.41) is 2.84. The molecule has 2 rings (SSSR count). The lowest BCUT2D eigenvalue weighted by Crippen LogP contribution is -2.37. The zero-order valence-electron chi connectivity index (χ0n) is 16.9. The molecule has 1 saturated carbocycles. The van der Waals surface area contributed by atoms with Gasteiger partial charge >= 0.3 is 12.1 Å². The maximum Gasteiger partial charge on any atom is 0.407 e. The summed E-state index contributed by atoms with van der Waals surface area (Å²) in [5.41, 5.74) is 1.05. The third-order valence-corrected chi connectivity index (χ3v) is 4.04. The molecule has 0 aliphatic heterocycles. The SMILES string of the molecule is Cc1cc(C(=O)OC(C)(C)C)cnc1C1(CNC(=O)OC(C)(C)C)CC1. The number of hydrogen-bond acceptors (Lipinski definition) is 5. The van der Waals surface area contributed by atoms with Crippen molar-refractivity contribution in [2.24, 2.45) is 0 Å². The van der Waals surface area contributed by atoms with Gasteiger partial charge in [-0.25, -0.2) is 9.59 Å². The number of rotatable bonds is 4. The van der Waals surface area contributed by atoms with Crippen LogP contribution in [-0.4, -0.2) is 34.8 Å². The topological polar surface area (TPSA) is 77.5 Å². The Morgan fingerprint density at radius 2 is 1.69 bits per heavy atom. The van der Waals surface area contributed by atoms with E-state index in [2.05, 4.69) is 10.3 Å². The standard InChI is InChI=1S/C20H30N2O4/c1-13-10-14(16(23)25-18(2,3)4)11-21-15(13)20(8-9-20)12-22-17(24)26-19(5,6)7/h10-11H,8-9,12H2,1-7H3,(H,22,24). The van der Waals surface area contributed by atoms with Crippen LogP contribution < -0.4 is 5.32 Å². The molecule has 26 heavy (non-hydrogen) atoms. The summed E-state index contributed by atoms with van der Waals surface area (Å²) in [6.07, 6.45) is 3.03. The highest BCUT2D eigenvalue weighted by molar-refractivity contribution is 5.89. The van der Waals surface area contributed by atoms with Crippen LogP contribution in [0.25, 0.3) is 0 Å². The summed E-state index contributed by atoms with van der Waals surface area (Å²) in [6.45, 7) is 13.4. The number of aryl methyl sites for hydroxylation is 1. The van der Waals surface area contributed by atoms with Crippen molar-refractivity contribution < 1.29 is 19.1 Å². The van der Waals surface area contributed by atoms with Gasteiger partial charge in [0.1, 0.15) is 11.2 Å². The predicted molar refractivity (Wildman–Crippen MR) is 99.3 cm³/mol. The molecule has 6 heteroatoms. The van der Waals surface area contributed by atoms with E-state index in [9.17, 15) is 9.59 Å². The van der Waals surface area contributed by atoms with Crippen molar-refractivity contribution in [3.8, 4) is 0 Å². The molecule has 1 aliphatic carbocycles. The van der Waals surface area contributed by atoms with Crippen molar-refractivity contribution >= 4 is 12.1 Å². The minimum absolute atomic E-state index is 0.173. The van der Waals surface area contributed by atoms with E-state index in [1.165, 1.54) is 0 Å². The van der Waals surface area contributed by atoms with Gasteiger partial charge in [0.25, 0.3) is 0 Å². The van der Waals surface area contributed by atoms with Crippen LogP contribution in [0.15, 0.2) is 12.3 Å². The van der Waals surface area contributed by atoms with Gasteiger partial charge in [0.05, 0.1) is 11.3 Å². The molecular weight excluding hydrogens is 332 g/mol. The lowest BCUT2D eigenvalue weighted by Gasteiger charge is -2.23. The molecule has 0 atom stereocenters. The van der Waals surface area contributed by atoms with Crippen molar-refractivity contribution in [3.05, 3.63) is 29.1 Å². The number of esters is 1. The summed E-state index contributed by atoms with van der Waals surface area (Å²) < 4.78 is 10.7. The molecule has 0 saturated heterocycles. The van der Waals surface area contributed by atoms with E-state index in [1.54, 1.807) is 6.20 Å². The highest BCUT2D eigenvalue weighted by Gasteiger charge is 2.47. The molecule has 1 aromatic heterocycles. The number of alkyl carbamates (subject to hydrolysis) is 1. The van der Waals surface area contributed by atoms with Gasteiger partial charge in [-0.15, -0.1) is 0 Å². The van der Waals surface area contributed by atoms with Gasteiger partial charge in [-0.3, -0.25) is 4.98 Å². The second-order valence-corrected chi connectivity index (χ2v) is 9.03. The highest BCUT2D eigenvalue weighted by atomic mass is 16.6. The van der Waals surface area contributed by atoms with Crippen LogP contribution in [0.1, 0.15) is 76.0 Å². The van der Waals surface area contributed by atoms with E-state index in [1.807, 2.05) is 54.5 Å². The first kappa shape index (κ1) is 20.2. The third kappa shape index (κ3) is 5.44. The van der Waals surface area contributed by atoms with E-state index in [0.717, 1.165) is 24.1 Å². The summed E-state index contributed by atoms with van der Waals surface area (Å²) in [6, 6.07) is 1.81. The molecular formula is C20H30N2O4. The van der Waals surface area contributed by atoms with E-state index in [4.69, 9.17) is 9.47 Å². The zero-order chi connectivity index (χ0) is 19.8. The molecule has 0 aromatic carbocycles.